The fraction of sp³-hybridized carbons (Fsp3) is 0.324. The Hall–Kier alpha value is -3.22. The molecule has 0 aliphatic rings. The van der Waals surface area contributed by atoms with Gasteiger partial charge in [0, 0.05) is 12.8 Å². The van der Waals surface area contributed by atoms with Crippen LogP contribution in [0.25, 0.3) is 44.7 Å². The maximum atomic E-state index is 5.42. The zero-order valence-corrected chi connectivity index (χ0v) is 25.4. The van der Waals surface area contributed by atoms with E-state index in [1.807, 2.05) is 0 Å². The SMILES string of the molecule is CCCC[P+](CCCC)(CCCC)c1ccccc1-c1nc2c(-c3ccccc3)c(-c3ccccc3)ccc2[nH]1. The summed E-state index contributed by atoms with van der Waals surface area (Å²) in [5.41, 5.74) is 8.32. The predicted molar refractivity (Wildman–Crippen MR) is 178 cm³/mol. The molecule has 0 fully saturated rings. The Labute approximate surface area is 241 Å². The standard InChI is InChI=1S/C37H44N2P/c1-4-7-26-40(27-8-5-2,28-9-6-3)34-23-17-16-22-32(34)37-38-33-25-24-31(29-18-12-10-13-19-29)35(36(33)39-37)30-20-14-11-15-21-30/h10-25H,4-9,26-28H2,1-3H3,(H,38,39)/q+1. The molecule has 5 aromatic rings. The van der Waals surface area contributed by atoms with Gasteiger partial charge in [-0.05, 0) is 54.2 Å². The van der Waals surface area contributed by atoms with Crippen LogP contribution in [-0.4, -0.2) is 28.5 Å². The molecular weight excluding hydrogens is 503 g/mol. The first-order chi connectivity index (χ1) is 19.7. The van der Waals surface area contributed by atoms with Crippen LogP contribution in [0.1, 0.15) is 59.3 Å². The molecule has 0 bridgehead atoms. The van der Waals surface area contributed by atoms with Crippen LogP contribution in [0.3, 0.4) is 0 Å². The lowest BCUT2D eigenvalue weighted by atomic mass is 9.93. The lowest BCUT2D eigenvalue weighted by Crippen LogP contribution is -2.23. The summed E-state index contributed by atoms with van der Waals surface area (Å²) >= 11 is 0. The van der Waals surface area contributed by atoms with E-state index in [1.54, 1.807) is 5.30 Å². The lowest BCUT2D eigenvalue weighted by molar-refractivity contribution is 0.841. The summed E-state index contributed by atoms with van der Waals surface area (Å²) in [7, 11) is -1.33. The summed E-state index contributed by atoms with van der Waals surface area (Å²) < 4.78 is 0. The van der Waals surface area contributed by atoms with E-state index in [0.29, 0.717) is 0 Å². The first-order valence-corrected chi connectivity index (χ1v) is 17.6. The molecule has 40 heavy (non-hydrogen) atoms. The van der Waals surface area contributed by atoms with E-state index in [9.17, 15) is 0 Å². The summed E-state index contributed by atoms with van der Waals surface area (Å²) in [6, 6.07) is 35.2. The van der Waals surface area contributed by atoms with Gasteiger partial charge in [-0.2, -0.15) is 0 Å². The average molecular weight is 548 g/mol. The number of imidazole rings is 1. The molecule has 206 valence electrons. The van der Waals surface area contributed by atoms with Gasteiger partial charge < -0.3 is 4.98 Å². The molecule has 1 N–H and O–H groups in total. The van der Waals surface area contributed by atoms with Crippen LogP contribution in [0.5, 0.6) is 0 Å². The number of fused-ring (bicyclic) bond motifs is 1. The van der Waals surface area contributed by atoms with Crippen LogP contribution in [0.15, 0.2) is 97.1 Å². The topological polar surface area (TPSA) is 28.7 Å². The molecule has 0 spiro atoms. The molecule has 0 aliphatic heterocycles. The summed E-state index contributed by atoms with van der Waals surface area (Å²) in [6.07, 6.45) is 11.8. The van der Waals surface area contributed by atoms with Crippen LogP contribution in [0, 0.1) is 0 Å². The lowest BCUT2D eigenvalue weighted by Gasteiger charge is -2.29. The van der Waals surface area contributed by atoms with Gasteiger partial charge in [-0.1, -0.05) is 119 Å². The zero-order chi connectivity index (χ0) is 27.8. The Morgan fingerprint density at radius 2 is 1.12 bits per heavy atom. The van der Waals surface area contributed by atoms with E-state index in [4.69, 9.17) is 4.98 Å². The molecule has 0 unspecified atom stereocenters. The first kappa shape index (κ1) is 28.3. The second-order valence-corrected chi connectivity index (χ2v) is 15.2. The molecule has 2 nitrogen and oxygen atoms in total. The molecule has 1 heterocycles. The highest BCUT2D eigenvalue weighted by atomic mass is 31.2. The van der Waals surface area contributed by atoms with E-state index in [-0.39, 0.29) is 0 Å². The third kappa shape index (κ3) is 5.93. The molecule has 5 rings (SSSR count). The molecule has 0 atom stereocenters. The largest absolute Gasteiger partial charge is 0.338 e. The highest BCUT2D eigenvalue weighted by Crippen LogP contribution is 2.61. The summed E-state index contributed by atoms with van der Waals surface area (Å²) in [5, 5.41) is 1.59. The van der Waals surface area contributed by atoms with Gasteiger partial charge in [-0.3, -0.25) is 0 Å². The monoisotopic (exact) mass is 547 g/mol. The molecular formula is C37H44N2P+. The number of aromatic amines is 1. The van der Waals surface area contributed by atoms with Gasteiger partial charge in [-0.15, -0.1) is 0 Å². The number of nitrogens with one attached hydrogen (secondary N) is 1. The van der Waals surface area contributed by atoms with Crippen LogP contribution in [-0.2, 0) is 0 Å². The molecule has 1 aromatic heterocycles. The zero-order valence-electron chi connectivity index (χ0n) is 24.5. The minimum atomic E-state index is -1.33. The van der Waals surface area contributed by atoms with Crippen molar-refractivity contribution in [3.63, 3.8) is 0 Å². The Morgan fingerprint density at radius 1 is 0.575 bits per heavy atom. The van der Waals surface area contributed by atoms with Gasteiger partial charge in [0.1, 0.15) is 11.1 Å². The van der Waals surface area contributed by atoms with E-state index in [1.165, 1.54) is 84.8 Å². The smallest absolute Gasteiger partial charge is 0.142 e. The Morgan fingerprint density at radius 3 is 1.73 bits per heavy atom. The summed E-state index contributed by atoms with van der Waals surface area (Å²) in [4.78, 5) is 9.21. The predicted octanol–water partition coefficient (Wildman–Crippen LogP) is 10.6. The summed E-state index contributed by atoms with van der Waals surface area (Å²) in [5.74, 6) is 1.02. The Kier molecular flexibility index (Phi) is 9.50. The van der Waals surface area contributed by atoms with Crippen LogP contribution < -0.4 is 5.30 Å². The van der Waals surface area contributed by atoms with Crippen molar-refractivity contribution in [2.75, 3.05) is 18.5 Å². The second kappa shape index (κ2) is 13.4. The Balaban J connectivity index is 1.71. The van der Waals surface area contributed by atoms with E-state index < -0.39 is 7.26 Å². The fourth-order valence-electron chi connectivity index (χ4n) is 6.12. The van der Waals surface area contributed by atoms with Crippen molar-refractivity contribution < 1.29 is 0 Å². The maximum absolute atomic E-state index is 5.42. The number of hydrogen-bond donors (Lipinski definition) is 1. The minimum Gasteiger partial charge on any atom is -0.338 e. The number of unbranched alkanes of at least 4 members (excludes halogenated alkanes) is 3. The van der Waals surface area contributed by atoms with Crippen LogP contribution in [0.2, 0.25) is 0 Å². The molecule has 0 aliphatic carbocycles. The number of hydrogen-bond acceptors (Lipinski definition) is 1. The summed E-state index contributed by atoms with van der Waals surface area (Å²) in [6.45, 7) is 7.03. The van der Waals surface area contributed by atoms with E-state index >= 15 is 0 Å². The van der Waals surface area contributed by atoms with Gasteiger partial charge in [-0.25, -0.2) is 4.98 Å². The van der Waals surface area contributed by atoms with Gasteiger partial charge in [0.2, 0.25) is 0 Å². The molecule has 0 saturated carbocycles. The average Bonchev–Trinajstić information content (AvgIpc) is 3.46. The number of aromatic nitrogens is 2. The number of H-pyrrole nitrogens is 1. The van der Waals surface area contributed by atoms with Crippen molar-refractivity contribution in [2.24, 2.45) is 0 Å². The van der Waals surface area contributed by atoms with Crippen molar-refractivity contribution in [1.29, 1.82) is 0 Å². The van der Waals surface area contributed by atoms with Crippen molar-refractivity contribution in [1.82, 2.24) is 9.97 Å². The Bertz CT molecular complexity index is 1480. The molecule has 3 heteroatoms. The second-order valence-electron chi connectivity index (χ2n) is 11.1. The van der Waals surface area contributed by atoms with E-state index in [2.05, 4.69) is 123 Å². The first-order valence-electron chi connectivity index (χ1n) is 15.3. The minimum absolute atomic E-state index is 1.02. The van der Waals surface area contributed by atoms with Gasteiger partial charge in [0.25, 0.3) is 0 Å². The van der Waals surface area contributed by atoms with Crippen molar-refractivity contribution in [3.8, 4) is 33.6 Å². The van der Waals surface area contributed by atoms with Gasteiger partial charge in [0.05, 0.1) is 35.1 Å². The van der Waals surface area contributed by atoms with Crippen molar-refractivity contribution >= 4 is 23.6 Å². The van der Waals surface area contributed by atoms with Crippen LogP contribution >= 0.6 is 7.26 Å². The third-order valence-electron chi connectivity index (χ3n) is 8.29. The molecule has 0 radical (unpaired) electrons. The van der Waals surface area contributed by atoms with Crippen molar-refractivity contribution in [3.05, 3.63) is 97.1 Å². The van der Waals surface area contributed by atoms with Crippen molar-refractivity contribution in [2.45, 2.75) is 59.3 Å². The third-order valence-corrected chi connectivity index (χ3v) is 13.2. The van der Waals surface area contributed by atoms with Gasteiger partial charge in [0.15, 0.2) is 0 Å². The number of benzene rings is 4. The fourth-order valence-corrected chi connectivity index (χ4v) is 11.4. The quantitative estimate of drug-likeness (QED) is 0.146. The van der Waals surface area contributed by atoms with Crippen LogP contribution in [0.4, 0.5) is 0 Å². The van der Waals surface area contributed by atoms with Gasteiger partial charge >= 0.3 is 0 Å². The highest BCUT2D eigenvalue weighted by Gasteiger charge is 2.40. The number of nitrogens with zero attached hydrogens (tertiary/aromatic N) is 1. The number of rotatable bonds is 13. The molecule has 0 saturated heterocycles. The highest BCUT2D eigenvalue weighted by molar-refractivity contribution is 7.83. The normalized spacial score (nSPS) is 11.8. The van der Waals surface area contributed by atoms with E-state index in [0.717, 1.165) is 16.9 Å². The maximum Gasteiger partial charge on any atom is 0.142 e. The molecule has 4 aromatic carbocycles. The molecule has 0 amide bonds.